The quantitative estimate of drug-likeness (QED) is 0.852. The number of nitrogens with zero attached hydrogens (tertiary/aromatic N) is 1. The van der Waals surface area contributed by atoms with E-state index in [2.05, 4.69) is 31.0 Å². The van der Waals surface area contributed by atoms with Gasteiger partial charge >= 0.3 is 0 Å². The summed E-state index contributed by atoms with van der Waals surface area (Å²) in [5.41, 5.74) is 0. The summed E-state index contributed by atoms with van der Waals surface area (Å²) < 4.78 is 0. The summed E-state index contributed by atoms with van der Waals surface area (Å²) in [6.45, 7) is 8.29. The number of nitrogens with one attached hydrogen (secondary N) is 1. The number of carbonyl (C=O) groups excluding carboxylic acids is 1. The van der Waals surface area contributed by atoms with Gasteiger partial charge in [0.2, 0.25) is 5.91 Å². The summed E-state index contributed by atoms with van der Waals surface area (Å²) in [4.78, 5) is 14.7. The molecule has 1 saturated carbocycles. The van der Waals surface area contributed by atoms with Crippen LogP contribution in [0.3, 0.4) is 0 Å². The van der Waals surface area contributed by atoms with Gasteiger partial charge in [0.15, 0.2) is 0 Å². The third kappa shape index (κ3) is 3.71. The highest BCUT2D eigenvalue weighted by molar-refractivity contribution is 5.79. The second-order valence-electron chi connectivity index (χ2n) is 6.66. The number of hydrogen-bond acceptors (Lipinski definition) is 2. The first-order chi connectivity index (χ1) is 9.09. The van der Waals surface area contributed by atoms with Gasteiger partial charge in [-0.25, -0.2) is 0 Å². The Bertz CT molecular complexity index is 299. The lowest BCUT2D eigenvalue weighted by Crippen LogP contribution is -2.58. The van der Waals surface area contributed by atoms with E-state index in [0.29, 0.717) is 18.0 Å². The van der Waals surface area contributed by atoms with Crippen molar-refractivity contribution in [2.24, 2.45) is 11.8 Å². The average Bonchev–Trinajstić information content (AvgIpc) is 2.42. The predicted molar refractivity (Wildman–Crippen MR) is 79.0 cm³/mol. The molecule has 3 atom stereocenters. The molecule has 0 bridgehead atoms. The number of hydrogen-bond donors (Lipinski definition) is 1. The summed E-state index contributed by atoms with van der Waals surface area (Å²) >= 11 is 0. The Hall–Kier alpha value is -0.570. The molecule has 0 radical (unpaired) electrons. The van der Waals surface area contributed by atoms with Gasteiger partial charge in [-0.2, -0.15) is 0 Å². The van der Waals surface area contributed by atoms with Gasteiger partial charge in [0.05, 0.1) is 0 Å². The maximum absolute atomic E-state index is 12.6. The number of piperazine rings is 1. The molecule has 1 saturated heterocycles. The van der Waals surface area contributed by atoms with Crippen LogP contribution in [0.4, 0.5) is 0 Å². The molecule has 0 aromatic carbocycles. The van der Waals surface area contributed by atoms with Crippen LogP contribution in [0.1, 0.15) is 59.3 Å². The van der Waals surface area contributed by atoms with Crippen LogP contribution in [0.15, 0.2) is 0 Å². The molecule has 2 aliphatic rings. The lowest BCUT2D eigenvalue weighted by molar-refractivity contribution is -0.139. The number of rotatable bonds is 3. The Morgan fingerprint density at radius 3 is 2.63 bits per heavy atom. The van der Waals surface area contributed by atoms with E-state index < -0.39 is 0 Å². The first kappa shape index (κ1) is 14.8. The van der Waals surface area contributed by atoms with Crippen LogP contribution in [0.2, 0.25) is 0 Å². The van der Waals surface area contributed by atoms with E-state index in [4.69, 9.17) is 0 Å². The second-order valence-corrected chi connectivity index (χ2v) is 6.66. The highest BCUT2D eigenvalue weighted by Crippen LogP contribution is 2.30. The summed E-state index contributed by atoms with van der Waals surface area (Å²) in [5.74, 6) is 1.38. The van der Waals surface area contributed by atoms with E-state index in [9.17, 15) is 4.79 Å². The van der Waals surface area contributed by atoms with Crippen LogP contribution in [0.5, 0.6) is 0 Å². The van der Waals surface area contributed by atoms with Crippen LogP contribution >= 0.6 is 0 Å². The Kier molecular flexibility index (Phi) is 5.26. The van der Waals surface area contributed by atoms with Crippen molar-refractivity contribution in [1.29, 1.82) is 0 Å². The SMILES string of the molecule is CC(CC1CCCCC1)C(=O)N1CCNC(C)C1C. The van der Waals surface area contributed by atoms with Crippen LogP contribution in [-0.4, -0.2) is 36.0 Å². The summed E-state index contributed by atoms with van der Waals surface area (Å²) in [6, 6.07) is 0.745. The zero-order valence-corrected chi connectivity index (χ0v) is 12.8. The topological polar surface area (TPSA) is 32.3 Å². The molecular weight excluding hydrogens is 236 g/mol. The van der Waals surface area contributed by atoms with Gasteiger partial charge in [0.1, 0.15) is 0 Å². The number of amides is 1. The third-order valence-electron chi connectivity index (χ3n) is 5.15. The van der Waals surface area contributed by atoms with E-state index in [-0.39, 0.29) is 5.92 Å². The summed E-state index contributed by atoms with van der Waals surface area (Å²) in [6.07, 6.45) is 7.91. The summed E-state index contributed by atoms with van der Waals surface area (Å²) in [5, 5.41) is 3.44. The molecule has 1 heterocycles. The Morgan fingerprint density at radius 1 is 1.26 bits per heavy atom. The highest BCUT2D eigenvalue weighted by Gasteiger charge is 2.31. The van der Waals surface area contributed by atoms with Crippen molar-refractivity contribution < 1.29 is 4.79 Å². The first-order valence-electron chi connectivity index (χ1n) is 8.13. The molecule has 0 aromatic heterocycles. The van der Waals surface area contributed by atoms with Crippen LogP contribution in [-0.2, 0) is 4.79 Å². The fraction of sp³-hybridized carbons (Fsp3) is 0.938. The third-order valence-corrected chi connectivity index (χ3v) is 5.15. The minimum Gasteiger partial charge on any atom is -0.337 e. The van der Waals surface area contributed by atoms with E-state index in [1.807, 2.05) is 0 Å². The van der Waals surface area contributed by atoms with Crippen LogP contribution < -0.4 is 5.32 Å². The zero-order valence-electron chi connectivity index (χ0n) is 12.8. The molecule has 0 aromatic rings. The fourth-order valence-corrected chi connectivity index (χ4v) is 3.67. The van der Waals surface area contributed by atoms with E-state index in [1.54, 1.807) is 0 Å². The van der Waals surface area contributed by atoms with Gasteiger partial charge in [0, 0.05) is 31.1 Å². The molecule has 1 aliphatic carbocycles. The van der Waals surface area contributed by atoms with Gasteiger partial charge < -0.3 is 10.2 Å². The predicted octanol–water partition coefficient (Wildman–Crippen LogP) is 2.80. The molecule has 19 heavy (non-hydrogen) atoms. The monoisotopic (exact) mass is 266 g/mol. The molecule has 2 fully saturated rings. The normalized spacial score (nSPS) is 31.2. The summed E-state index contributed by atoms with van der Waals surface area (Å²) in [7, 11) is 0. The molecule has 1 aliphatic heterocycles. The minimum absolute atomic E-state index is 0.204. The lowest BCUT2D eigenvalue weighted by Gasteiger charge is -2.40. The average molecular weight is 266 g/mol. The van der Waals surface area contributed by atoms with Gasteiger partial charge in [-0.05, 0) is 26.2 Å². The first-order valence-corrected chi connectivity index (χ1v) is 8.13. The molecule has 1 N–H and O–H groups in total. The van der Waals surface area contributed by atoms with Crippen molar-refractivity contribution >= 4 is 5.91 Å². The molecule has 110 valence electrons. The van der Waals surface area contributed by atoms with Gasteiger partial charge in [-0.1, -0.05) is 39.0 Å². The zero-order chi connectivity index (χ0) is 13.8. The van der Waals surface area contributed by atoms with Gasteiger partial charge in [-0.15, -0.1) is 0 Å². The largest absolute Gasteiger partial charge is 0.337 e. The Labute approximate surface area is 118 Å². The highest BCUT2D eigenvalue weighted by atomic mass is 16.2. The van der Waals surface area contributed by atoms with Crippen LogP contribution in [0, 0.1) is 11.8 Å². The van der Waals surface area contributed by atoms with E-state index in [0.717, 1.165) is 25.4 Å². The van der Waals surface area contributed by atoms with Crippen LogP contribution in [0.25, 0.3) is 0 Å². The molecule has 0 spiro atoms. The van der Waals surface area contributed by atoms with Crippen molar-refractivity contribution in [2.75, 3.05) is 13.1 Å². The molecule has 3 unspecified atom stereocenters. The van der Waals surface area contributed by atoms with Crippen molar-refractivity contribution in [3.63, 3.8) is 0 Å². The Morgan fingerprint density at radius 2 is 1.95 bits per heavy atom. The van der Waals surface area contributed by atoms with E-state index >= 15 is 0 Å². The Balaban J connectivity index is 1.86. The maximum atomic E-state index is 12.6. The lowest BCUT2D eigenvalue weighted by atomic mass is 9.82. The molecule has 1 amide bonds. The smallest absolute Gasteiger partial charge is 0.225 e. The second kappa shape index (κ2) is 6.74. The fourth-order valence-electron chi connectivity index (χ4n) is 3.67. The van der Waals surface area contributed by atoms with Gasteiger partial charge in [0.25, 0.3) is 0 Å². The molecule has 2 rings (SSSR count). The maximum Gasteiger partial charge on any atom is 0.225 e. The standard InChI is InChI=1S/C16H30N2O/c1-12(11-15-7-5-4-6-8-15)16(19)18-10-9-17-13(2)14(18)3/h12-15,17H,4-11H2,1-3H3. The molecular formula is C16H30N2O. The van der Waals surface area contributed by atoms with Crippen molar-refractivity contribution in [1.82, 2.24) is 10.2 Å². The van der Waals surface area contributed by atoms with Crippen molar-refractivity contribution in [3.8, 4) is 0 Å². The van der Waals surface area contributed by atoms with E-state index in [1.165, 1.54) is 32.1 Å². The number of carbonyl (C=O) groups is 1. The molecule has 3 nitrogen and oxygen atoms in total. The van der Waals surface area contributed by atoms with Crippen molar-refractivity contribution in [2.45, 2.75) is 71.4 Å². The molecule has 3 heteroatoms. The van der Waals surface area contributed by atoms with Crippen molar-refractivity contribution in [3.05, 3.63) is 0 Å². The minimum atomic E-state index is 0.204. The van der Waals surface area contributed by atoms with Gasteiger partial charge in [-0.3, -0.25) is 4.79 Å².